The average Bonchev–Trinajstić information content (AvgIpc) is 3.47. The molecule has 4 aromatic carbocycles. The van der Waals surface area contributed by atoms with Crippen molar-refractivity contribution in [1.29, 1.82) is 0 Å². The van der Waals surface area contributed by atoms with Crippen LogP contribution in [0.15, 0.2) is 89.7 Å². The third-order valence-corrected chi connectivity index (χ3v) is 7.04. The highest BCUT2D eigenvalue weighted by molar-refractivity contribution is 6.36. The number of esters is 2. The topological polar surface area (TPSA) is 93.1 Å². The Hall–Kier alpha value is -5.37. The van der Waals surface area contributed by atoms with E-state index in [1.54, 1.807) is 50.2 Å². The van der Waals surface area contributed by atoms with Gasteiger partial charge in [-0.3, -0.25) is 9.36 Å². The largest absolute Gasteiger partial charge is 0.462 e. The van der Waals surface area contributed by atoms with Gasteiger partial charge in [-0.05, 0) is 60.5 Å². The molecule has 0 spiro atoms. The molecular weight excluding hydrogens is 534 g/mol. The third-order valence-electron chi connectivity index (χ3n) is 7.04. The van der Waals surface area contributed by atoms with Gasteiger partial charge in [0.05, 0.1) is 24.3 Å². The fourth-order valence-corrected chi connectivity index (χ4v) is 5.25. The lowest BCUT2D eigenvalue weighted by atomic mass is 10.0. The summed E-state index contributed by atoms with van der Waals surface area (Å²) in [6.45, 7) is 3.46. The zero-order chi connectivity index (χ0) is 29.2. The first kappa shape index (κ1) is 26.8. The van der Waals surface area contributed by atoms with Crippen LogP contribution < -0.4 is 25.6 Å². The SMILES string of the molecule is CCOC(=O)C(C(=O)OCC)=c1/c(=C\c2ccc3c(c2)OCO3)c2ccccc2c(=O)n1-c1cccc2ccccc12. The van der Waals surface area contributed by atoms with E-state index in [-0.39, 0.29) is 30.9 Å². The van der Waals surface area contributed by atoms with Gasteiger partial charge < -0.3 is 18.9 Å². The Morgan fingerprint density at radius 2 is 1.43 bits per heavy atom. The molecule has 0 aliphatic carbocycles. The lowest BCUT2D eigenvalue weighted by Gasteiger charge is -2.16. The van der Waals surface area contributed by atoms with E-state index in [0.717, 1.165) is 10.8 Å². The fourth-order valence-electron chi connectivity index (χ4n) is 5.25. The molecule has 0 atom stereocenters. The number of nitrogens with zero attached hydrogens (tertiary/aromatic N) is 1. The summed E-state index contributed by atoms with van der Waals surface area (Å²) in [5.74, 6) is -0.597. The van der Waals surface area contributed by atoms with E-state index in [2.05, 4.69) is 0 Å². The first-order valence-electron chi connectivity index (χ1n) is 13.6. The number of rotatable bonds is 6. The smallest absolute Gasteiger partial charge is 0.347 e. The van der Waals surface area contributed by atoms with Crippen LogP contribution in [-0.4, -0.2) is 36.5 Å². The maximum absolute atomic E-state index is 14.4. The Kier molecular flexibility index (Phi) is 7.19. The molecule has 0 N–H and O–H groups in total. The molecule has 1 aliphatic rings. The Morgan fingerprint density at radius 3 is 2.17 bits per heavy atom. The number of ether oxygens (including phenoxy) is 4. The quantitative estimate of drug-likeness (QED) is 0.229. The van der Waals surface area contributed by atoms with E-state index >= 15 is 0 Å². The molecule has 0 unspecified atom stereocenters. The third kappa shape index (κ3) is 4.66. The summed E-state index contributed by atoms with van der Waals surface area (Å²) in [6, 6.07) is 25.7. The number of aromatic nitrogens is 1. The molecular formula is C34H27NO7. The van der Waals surface area contributed by atoms with Crippen molar-refractivity contribution in [1.82, 2.24) is 4.57 Å². The summed E-state index contributed by atoms with van der Waals surface area (Å²) in [5.41, 5.74) is 0.443. The van der Waals surface area contributed by atoms with E-state index in [0.29, 0.717) is 38.7 Å². The highest BCUT2D eigenvalue weighted by Gasteiger charge is 2.27. The second-order valence-electron chi connectivity index (χ2n) is 9.52. The summed E-state index contributed by atoms with van der Waals surface area (Å²) in [7, 11) is 0. The van der Waals surface area contributed by atoms with Crippen molar-refractivity contribution in [3.63, 3.8) is 0 Å². The van der Waals surface area contributed by atoms with Crippen LogP contribution in [-0.2, 0) is 19.1 Å². The monoisotopic (exact) mass is 561 g/mol. The van der Waals surface area contributed by atoms with Gasteiger partial charge >= 0.3 is 11.9 Å². The summed E-state index contributed by atoms with van der Waals surface area (Å²) in [4.78, 5) is 41.6. The second-order valence-corrected chi connectivity index (χ2v) is 9.52. The molecule has 0 bridgehead atoms. The van der Waals surface area contributed by atoms with Crippen molar-refractivity contribution in [2.75, 3.05) is 20.0 Å². The highest BCUT2D eigenvalue weighted by Crippen LogP contribution is 2.32. The minimum atomic E-state index is -0.889. The van der Waals surface area contributed by atoms with Crippen molar-refractivity contribution < 1.29 is 28.5 Å². The van der Waals surface area contributed by atoms with Gasteiger partial charge in [-0.15, -0.1) is 0 Å². The summed E-state index contributed by atoms with van der Waals surface area (Å²) in [5, 5.41) is 3.15. The van der Waals surface area contributed by atoms with E-state index in [9.17, 15) is 14.4 Å². The van der Waals surface area contributed by atoms with Crippen LogP contribution in [0, 0.1) is 0 Å². The van der Waals surface area contributed by atoms with Crippen LogP contribution in [0.25, 0.3) is 38.9 Å². The molecule has 8 heteroatoms. The lowest BCUT2D eigenvalue weighted by molar-refractivity contribution is -0.142. The highest BCUT2D eigenvalue weighted by atomic mass is 16.7. The first-order valence-corrected chi connectivity index (χ1v) is 13.6. The molecule has 0 fully saturated rings. The van der Waals surface area contributed by atoms with Crippen molar-refractivity contribution in [3.05, 3.63) is 111 Å². The summed E-state index contributed by atoms with van der Waals surface area (Å²) < 4.78 is 23.3. The van der Waals surface area contributed by atoms with Gasteiger partial charge in [0.25, 0.3) is 5.56 Å². The molecule has 1 aromatic heterocycles. The Balaban J connectivity index is 1.89. The number of pyridine rings is 1. The van der Waals surface area contributed by atoms with Gasteiger partial charge in [0.1, 0.15) is 0 Å². The minimum absolute atomic E-state index is 0.0228. The molecule has 6 rings (SSSR count). The van der Waals surface area contributed by atoms with Gasteiger partial charge in [-0.25, -0.2) is 9.59 Å². The number of hydrogen-bond acceptors (Lipinski definition) is 7. The lowest BCUT2D eigenvalue weighted by Crippen LogP contribution is -2.47. The molecule has 210 valence electrons. The average molecular weight is 562 g/mol. The van der Waals surface area contributed by atoms with Crippen LogP contribution >= 0.6 is 0 Å². The summed E-state index contributed by atoms with van der Waals surface area (Å²) >= 11 is 0. The maximum Gasteiger partial charge on any atom is 0.347 e. The van der Waals surface area contributed by atoms with Gasteiger partial charge in [0, 0.05) is 16.0 Å². The van der Waals surface area contributed by atoms with Crippen LogP contribution in [0.4, 0.5) is 0 Å². The Morgan fingerprint density at radius 1 is 0.786 bits per heavy atom. The van der Waals surface area contributed by atoms with Gasteiger partial charge in [-0.1, -0.05) is 60.7 Å². The van der Waals surface area contributed by atoms with Gasteiger partial charge in [-0.2, -0.15) is 0 Å². The summed E-state index contributed by atoms with van der Waals surface area (Å²) in [6.07, 6.45) is 1.82. The maximum atomic E-state index is 14.4. The zero-order valence-corrected chi connectivity index (χ0v) is 23.1. The van der Waals surface area contributed by atoms with Crippen LogP contribution in [0.3, 0.4) is 0 Å². The fraction of sp³-hybridized carbons (Fsp3) is 0.147. The van der Waals surface area contributed by atoms with E-state index in [4.69, 9.17) is 18.9 Å². The number of carbonyl (C=O) groups excluding carboxylic acids is 2. The Bertz CT molecular complexity index is 2030. The predicted molar refractivity (Wildman–Crippen MR) is 159 cm³/mol. The van der Waals surface area contributed by atoms with E-state index in [1.807, 2.05) is 54.6 Å². The van der Waals surface area contributed by atoms with E-state index in [1.165, 1.54) is 4.57 Å². The van der Waals surface area contributed by atoms with Crippen molar-refractivity contribution in [3.8, 4) is 17.2 Å². The van der Waals surface area contributed by atoms with Gasteiger partial charge in [0.2, 0.25) is 6.79 Å². The molecule has 0 amide bonds. The number of benzene rings is 4. The molecule has 1 aliphatic heterocycles. The molecule has 0 saturated heterocycles. The van der Waals surface area contributed by atoms with Crippen molar-refractivity contribution in [2.45, 2.75) is 13.8 Å². The molecule has 42 heavy (non-hydrogen) atoms. The number of hydrogen-bond donors (Lipinski definition) is 0. The number of carbonyl (C=O) groups is 2. The van der Waals surface area contributed by atoms with E-state index < -0.39 is 17.5 Å². The molecule has 5 aromatic rings. The standard InChI is InChI=1S/C34H27NO7/c1-3-39-33(37)30(34(38)40-4-2)31-26(18-21-16-17-28-29(19-21)42-20-41-28)24-13-7-8-14-25(24)32(36)35(31)27-15-9-11-22-10-5-6-12-23(22)27/h5-19H,3-4,20H2,1-2H3/b26-18-. The molecule has 0 radical (unpaired) electrons. The predicted octanol–water partition coefficient (Wildman–Crippen LogP) is 3.98. The van der Waals surface area contributed by atoms with Crippen molar-refractivity contribution >= 4 is 45.1 Å². The number of fused-ring (bicyclic) bond motifs is 3. The first-order chi connectivity index (χ1) is 20.5. The van der Waals surface area contributed by atoms with Crippen molar-refractivity contribution in [2.24, 2.45) is 0 Å². The molecule has 0 saturated carbocycles. The second kappa shape index (κ2) is 11.2. The Labute approximate surface area is 240 Å². The minimum Gasteiger partial charge on any atom is -0.462 e. The van der Waals surface area contributed by atoms with Gasteiger partial charge in [0.15, 0.2) is 17.1 Å². The van der Waals surface area contributed by atoms with Crippen LogP contribution in [0.5, 0.6) is 11.5 Å². The normalized spacial score (nSPS) is 12.5. The molecule has 2 heterocycles. The van der Waals surface area contributed by atoms with Crippen LogP contribution in [0.1, 0.15) is 19.4 Å². The molecule has 8 nitrogen and oxygen atoms in total. The zero-order valence-electron chi connectivity index (χ0n) is 23.1. The van der Waals surface area contributed by atoms with Crippen LogP contribution in [0.2, 0.25) is 0 Å².